The minimum atomic E-state index is -0.698. The fourth-order valence-electron chi connectivity index (χ4n) is 2.08. The minimum absolute atomic E-state index is 0.191. The Balaban J connectivity index is 2.17. The molecular weight excluding hydrogens is 240 g/mol. The second kappa shape index (κ2) is 4.75. The number of hydrogen-bond acceptors (Lipinski definition) is 4. The molecule has 1 aromatic carbocycles. The Bertz CT molecular complexity index is 519. The smallest absolute Gasteiger partial charge is 0.165 e. The number of nitrogens with one attached hydrogen (secondary N) is 1. The van der Waals surface area contributed by atoms with Gasteiger partial charge in [-0.15, -0.1) is 0 Å². The van der Waals surface area contributed by atoms with E-state index in [4.69, 9.17) is 14.7 Å². The van der Waals surface area contributed by atoms with Crippen LogP contribution in [0.4, 0.5) is 0 Å². The molecule has 0 fully saturated rings. The van der Waals surface area contributed by atoms with Crippen LogP contribution >= 0.6 is 0 Å². The van der Waals surface area contributed by atoms with Crippen molar-refractivity contribution in [2.45, 2.75) is 38.3 Å². The van der Waals surface area contributed by atoms with Crippen molar-refractivity contribution in [3.8, 4) is 17.6 Å². The molecular formula is C15H20N2O2. The topological polar surface area (TPSA) is 54.3 Å². The van der Waals surface area contributed by atoms with Gasteiger partial charge >= 0.3 is 0 Å². The number of para-hydroxylation sites is 1. The number of benzene rings is 1. The number of nitrogens with zero attached hydrogens (tertiary/aromatic N) is 1. The first-order valence-electron chi connectivity index (χ1n) is 6.43. The molecule has 0 saturated heterocycles. The number of likely N-dealkylation sites (N-methyl/N-ethyl adjacent to an activating group) is 1. The van der Waals surface area contributed by atoms with Gasteiger partial charge in [-0.2, -0.15) is 5.26 Å². The normalized spacial score (nSPS) is 18.9. The van der Waals surface area contributed by atoms with Crippen molar-refractivity contribution in [1.29, 1.82) is 5.26 Å². The van der Waals surface area contributed by atoms with Crippen molar-refractivity contribution in [3.05, 3.63) is 23.8 Å². The van der Waals surface area contributed by atoms with Gasteiger partial charge in [0.15, 0.2) is 11.5 Å². The molecule has 0 radical (unpaired) electrons. The maximum Gasteiger partial charge on any atom is 0.165 e. The van der Waals surface area contributed by atoms with Gasteiger partial charge in [-0.1, -0.05) is 12.1 Å². The second-order valence-corrected chi connectivity index (χ2v) is 5.77. The molecule has 1 N–H and O–H groups in total. The third-order valence-electron chi connectivity index (χ3n) is 3.37. The molecule has 0 spiro atoms. The van der Waals surface area contributed by atoms with Crippen molar-refractivity contribution in [1.82, 2.24) is 5.32 Å². The van der Waals surface area contributed by atoms with E-state index in [2.05, 4.69) is 31.3 Å². The average Bonchev–Trinajstić information content (AvgIpc) is 2.70. The maximum atomic E-state index is 9.12. The summed E-state index contributed by atoms with van der Waals surface area (Å²) < 4.78 is 11.7. The number of fused-ring (bicyclic) bond motifs is 1. The van der Waals surface area contributed by atoms with Gasteiger partial charge in [0.25, 0.3) is 0 Å². The Labute approximate surface area is 114 Å². The van der Waals surface area contributed by atoms with Crippen LogP contribution in [0.25, 0.3) is 0 Å². The molecule has 1 unspecified atom stereocenters. The Hall–Kier alpha value is -1.73. The van der Waals surface area contributed by atoms with Gasteiger partial charge in [0.1, 0.15) is 17.7 Å². The molecule has 1 heterocycles. The van der Waals surface area contributed by atoms with Gasteiger partial charge in [-0.25, -0.2) is 0 Å². The summed E-state index contributed by atoms with van der Waals surface area (Å²) in [4.78, 5) is 0. The van der Waals surface area contributed by atoms with Gasteiger partial charge in [-0.05, 0) is 33.9 Å². The molecule has 0 saturated carbocycles. The second-order valence-electron chi connectivity index (χ2n) is 5.77. The first kappa shape index (κ1) is 13.7. The molecule has 0 bridgehead atoms. The molecule has 1 aliphatic rings. The van der Waals surface area contributed by atoms with E-state index in [1.807, 2.05) is 12.1 Å². The largest absolute Gasteiger partial charge is 0.487 e. The first-order valence-corrected chi connectivity index (χ1v) is 6.43. The Morgan fingerprint density at radius 3 is 2.89 bits per heavy atom. The highest BCUT2D eigenvalue weighted by Gasteiger charge is 2.33. The van der Waals surface area contributed by atoms with Gasteiger partial charge in [-0.3, -0.25) is 5.32 Å². The van der Waals surface area contributed by atoms with Gasteiger partial charge in [0, 0.05) is 12.0 Å². The van der Waals surface area contributed by atoms with E-state index in [1.54, 1.807) is 14.0 Å². The zero-order valence-corrected chi connectivity index (χ0v) is 11.9. The lowest BCUT2D eigenvalue weighted by molar-refractivity contribution is 0.130. The summed E-state index contributed by atoms with van der Waals surface area (Å²) in [5.74, 6) is 1.52. The van der Waals surface area contributed by atoms with E-state index in [0.29, 0.717) is 5.75 Å². The van der Waals surface area contributed by atoms with E-state index in [1.165, 1.54) is 0 Å². The summed E-state index contributed by atoms with van der Waals surface area (Å²) in [6.45, 7) is 6.20. The van der Waals surface area contributed by atoms with Crippen LogP contribution in [0.3, 0.4) is 0 Å². The van der Waals surface area contributed by atoms with E-state index < -0.39 is 5.54 Å². The van der Waals surface area contributed by atoms with E-state index in [9.17, 15) is 0 Å². The summed E-state index contributed by atoms with van der Waals surface area (Å²) in [5, 5.41) is 12.1. The van der Waals surface area contributed by atoms with Crippen LogP contribution in [0.2, 0.25) is 0 Å². The van der Waals surface area contributed by atoms with Crippen molar-refractivity contribution in [2.75, 3.05) is 13.7 Å². The summed E-state index contributed by atoms with van der Waals surface area (Å²) in [5.41, 5.74) is 0.269. The van der Waals surface area contributed by atoms with Crippen molar-refractivity contribution in [2.24, 2.45) is 0 Å². The fourth-order valence-corrected chi connectivity index (χ4v) is 2.08. The van der Waals surface area contributed by atoms with Crippen molar-refractivity contribution in [3.63, 3.8) is 0 Å². The Kier molecular flexibility index (Phi) is 3.42. The molecule has 4 nitrogen and oxygen atoms in total. The number of nitriles is 1. The zero-order chi connectivity index (χ0) is 14.1. The zero-order valence-electron chi connectivity index (χ0n) is 11.9. The van der Waals surface area contributed by atoms with E-state index in [-0.39, 0.29) is 12.2 Å². The molecule has 0 amide bonds. The molecule has 102 valence electrons. The Morgan fingerprint density at radius 1 is 1.53 bits per heavy atom. The molecule has 1 aliphatic heterocycles. The quantitative estimate of drug-likeness (QED) is 0.902. The average molecular weight is 260 g/mol. The predicted octanol–water partition coefficient (Wildman–Crippen LogP) is 2.28. The fraction of sp³-hybridized carbons (Fsp3) is 0.533. The number of hydrogen-bond donors (Lipinski definition) is 1. The maximum absolute atomic E-state index is 9.12. The third-order valence-corrected chi connectivity index (χ3v) is 3.37. The van der Waals surface area contributed by atoms with Crippen LogP contribution in [0.5, 0.6) is 11.5 Å². The molecule has 1 atom stereocenters. The predicted molar refractivity (Wildman–Crippen MR) is 73.4 cm³/mol. The molecule has 19 heavy (non-hydrogen) atoms. The lowest BCUT2D eigenvalue weighted by Crippen LogP contribution is -2.43. The van der Waals surface area contributed by atoms with Crippen molar-refractivity contribution >= 4 is 0 Å². The number of rotatable bonds is 4. The van der Waals surface area contributed by atoms with Crippen LogP contribution in [0.15, 0.2) is 18.2 Å². The van der Waals surface area contributed by atoms with Gasteiger partial charge in [0.2, 0.25) is 0 Å². The lowest BCUT2D eigenvalue weighted by atomic mass is 10.0. The molecule has 1 aromatic rings. The molecule has 0 aliphatic carbocycles. The van der Waals surface area contributed by atoms with Gasteiger partial charge < -0.3 is 9.47 Å². The van der Waals surface area contributed by atoms with Gasteiger partial charge in [0.05, 0.1) is 6.07 Å². The van der Waals surface area contributed by atoms with Crippen molar-refractivity contribution < 1.29 is 9.47 Å². The monoisotopic (exact) mass is 260 g/mol. The summed E-state index contributed by atoms with van der Waals surface area (Å²) in [6.07, 6.45) is 0.876. The standard InChI is InChI=1S/C15H20N2O2/c1-14(2)8-11-6-5-7-12(13(11)19-14)18-10-15(3,9-16)17-4/h5-7,17H,8,10H2,1-4H3. The third kappa shape index (κ3) is 2.82. The molecule has 4 heteroatoms. The van der Waals surface area contributed by atoms with Crippen LogP contribution in [-0.2, 0) is 6.42 Å². The van der Waals surface area contributed by atoms with E-state index >= 15 is 0 Å². The summed E-state index contributed by atoms with van der Waals surface area (Å²) in [6, 6.07) is 8.10. The molecule has 0 aromatic heterocycles. The van der Waals surface area contributed by atoms with Crippen LogP contribution in [0, 0.1) is 11.3 Å². The Morgan fingerprint density at radius 2 is 2.26 bits per heavy atom. The van der Waals surface area contributed by atoms with E-state index in [0.717, 1.165) is 17.7 Å². The van der Waals surface area contributed by atoms with Crippen LogP contribution in [-0.4, -0.2) is 24.8 Å². The first-order chi connectivity index (χ1) is 8.89. The van der Waals surface area contributed by atoms with Crippen LogP contribution in [0.1, 0.15) is 26.3 Å². The lowest BCUT2D eigenvalue weighted by Gasteiger charge is -2.22. The minimum Gasteiger partial charge on any atom is -0.487 e. The van der Waals surface area contributed by atoms with Crippen LogP contribution < -0.4 is 14.8 Å². The summed E-state index contributed by atoms with van der Waals surface area (Å²) in [7, 11) is 1.75. The number of ether oxygens (including phenoxy) is 2. The highest BCUT2D eigenvalue weighted by molar-refractivity contribution is 5.50. The highest BCUT2D eigenvalue weighted by Crippen LogP contribution is 2.41. The highest BCUT2D eigenvalue weighted by atomic mass is 16.5. The summed E-state index contributed by atoms with van der Waals surface area (Å²) >= 11 is 0. The SMILES string of the molecule is CNC(C)(C#N)COc1cccc2c1OC(C)(C)C2. The molecule has 2 rings (SSSR count).